The van der Waals surface area contributed by atoms with Gasteiger partial charge >= 0.3 is 0 Å². The van der Waals surface area contributed by atoms with Crippen LogP contribution in [-0.4, -0.2) is 16.1 Å². The summed E-state index contributed by atoms with van der Waals surface area (Å²) >= 11 is 1.90. The first-order valence-electron chi connectivity index (χ1n) is 22.9. The van der Waals surface area contributed by atoms with Crippen LogP contribution in [-0.2, 0) is 5.41 Å². The molecule has 0 saturated carbocycles. The molecule has 3 aliphatic rings. The molecule has 3 nitrogen and oxygen atoms in total. The molecule has 1 aromatic heterocycles. The van der Waals surface area contributed by atoms with Crippen LogP contribution in [0.25, 0.3) is 55.4 Å². The van der Waals surface area contributed by atoms with E-state index in [1.165, 1.54) is 87.4 Å². The van der Waals surface area contributed by atoms with E-state index in [9.17, 15) is 0 Å². The third-order valence-electron chi connectivity index (χ3n) is 14.0. The van der Waals surface area contributed by atoms with Crippen molar-refractivity contribution < 1.29 is 0 Å². The molecule has 0 saturated heterocycles. The van der Waals surface area contributed by atoms with Crippen molar-refractivity contribution >= 4 is 50.8 Å². The SMILES string of the molecule is C/C1=C(/c2ccccc2)N=C(c2ccc(-c3ccccc3)cc2)N=C(c2cccc(-c3cccc4c3Sc3ccccc3C43c4ccccc4-n4c5ccccc5c5cccc3c54)c2)CC1. The largest absolute Gasteiger partial charge is 0.309 e. The van der Waals surface area contributed by atoms with Crippen molar-refractivity contribution in [2.45, 2.75) is 35.0 Å². The third kappa shape index (κ3) is 5.91. The van der Waals surface area contributed by atoms with E-state index in [4.69, 9.17) is 9.98 Å². The number of rotatable bonds is 5. The topological polar surface area (TPSA) is 29.6 Å². The average molecular weight is 862 g/mol. The first-order valence-corrected chi connectivity index (χ1v) is 23.7. The summed E-state index contributed by atoms with van der Waals surface area (Å²) in [4.78, 5) is 13.5. The quantitative estimate of drug-likeness (QED) is 0.170. The molecular weight excluding hydrogens is 819 g/mol. The molecule has 0 aliphatic carbocycles. The maximum atomic E-state index is 5.52. The van der Waals surface area contributed by atoms with Gasteiger partial charge in [0.05, 0.1) is 33.5 Å². The number of aromatic nitrogens is 1. The Bertz CT molecular complexity index is 3670. The Kier molecular flexibility index (Phi) is 9.04. The van der Waals surface area contributed by atoms with Gasteiger partial charge in [0.25, 0.3) is 0 Å². The number of allylic oxidation sites excluding steroid dienone is 1. The van der Waals surface area contributed by atoms with Gasteiger partial charge in [-0.15, -0.1) is 0 Å². The fourth-order valence-electron chi connectivity index (χ4n) is 11.0. The maximum absolute atomic E-state index is 5.52. The number of nitrogens with zero attached hydrogens (tertiary/aromatic N) is 3. The van der Waals surface area contributed by atoms with Crippen LogP contribution in [0.1, 0.15) is 58.7 Å². The Morgan fingerprint density at radius 1 is 0.455 bits per heavy atom. The highest BCUT2D eigenvalue weighted by atomic mass is 32.2. The van der Waals surface area contributed by atoms with Crippen LogP contribution in [0.15, 0.2) is 244 Å². The second kappa shape index (κ2) is 15.4. The lowest BCUT2D eigenvalue weighted by Crippen LogP contribution is -2.37. The summed E-state index contributed by atoms with van der Waals surface area (Å²) in [5.74, 6) is 0.724. The molecule has 4 heterocycles. The summed E-state index contributed by atoms with van der Waals surface area (Å²) in [7, 11) is 0. The summed E-state index contributed by atoms with van der Waals surface area (Å²) in [5.41, 5.74) is 19.7. The van der Waals surface area contributed by atoms with Crippen LogP contribution >= 0.6 is 11.8 Å². The molecule has 0 amide bonds. The van der Waals surface area contributed by atoms with E-state index in [0.717, 1.165) is 46.8 Å². The lowest BCUT2D eigenvalue weighted by atomic mass is 9.62. The molecule has 13 rings (SSSR count). The minimum absolute atomic E-state index is 0.545. The van der Waals surface area contributed by atoms with Crippen molar-refractivity contribution in [2.24, 2.45) is 9.98 Å². The van der Waals surface area contributed by atoms with Gasteiger partial charge in [-0.05, 0) is 99.7 Å². The van der Waals surface area contributed by atoms with Crippen molar-refractivity contribution in [1.82, 2.24) is 4.57 Å². The fourth-order valence-corrected chi connectivity index (χ4v) is 12.3. The normalized spacial score (nSPS) is 17.3. The highest BCUT2D eigenvalue weighted by Gasteiger charge is 2.49. The molecule has 9 aromatic carbocycles. The predicted molar refractivity (Wildman–Crippen MR) is 275 cm³/mol. The van der Waals surface area contributed by atoms with E-state index in [1.54, 1.807) is 0 Å². The molecule has 3 aliphatic heterocycles. The van der Waals surface area contributed by atoms with E-state index in [-0.39, 0.29) is 0 Å². The van der Waals surface area contributed by atoms with Crippen molar-refractivity contribution in [2.75, 3.05) is 0 Å². The second-order valence-electron chi connectivity index (χ2n) is 17.6. The third-order valence-corrected chi connectivity index (χ3v) is 15.2. The molecule has 0 N–H and O–H groups in total. The van der Waals surface area contributed by atoms with Crippen LogP contribution in [0, 0.1) is 0 Å². The van der Waals surface area contributed by atoms with Gasteiger partial charge in [-0.25, -0.2) is 9.98 Å². The minimum Gasteiger partial charge on any atom is -0.309 e. The molecule has 10 aromatic rings. The summed E-state index contributed by atoms with van der Waals surface area (Å²) < 4.78 is 2.52. The van der Waals surface area contributed by atoms with Crippen LogP contribution < -0.4 is 0 Å². The average Bonchev–Trinajstić information content (AvgIpc) is 3.72. The zero-order chi connectivity index (χ0) is 43.8. The highest BCUT2D eigenvalue weighted by Crippen LogP contribution is 2.61. The number of hydrogen-bond acceptors (Lipinski definition) is 3. The standard InChI is InChI=1S/C62H43N3S/c1-40-33-38-54(63-61(64-58(40)43-19-6-3-7-20-43)44-36-34-42(35-37-44)41-17-4-2-5-18-41)46-22-14-21-45(39-46)47-24-15-29-53-60(47)66-57-32-13-10-27-51(57)62(53)50-26-9-12-31-56(50)65-55-30-11-8-23-48(55)49-25-16-28-52(62)59(49)65/h2-32,34-37,39H,33,38H2,1H3/b58-40+,63-54?,64-61?. The van der Waals surface area contributed by atoms with Gasteiger partial charge in [0.2, 0.25) is 0 Å². The van der Waals surface area contributed by atoms with Crippen molar-refractivity contribution in [1.29, 1.82) is 0 Å². The number of para-hydroxylation sites is 3. The van der Waals surface area contributed by atoms with Crippen molar-refractivity contribution in [3.8, 4) is 27.9 Å². The van der Waals surface area contributed by atoms with Crippen molar-refractivity contribution in [3.63, 3.8) is 0 Å². The number of hydrogen-bond donors (Lipinski definition) is 0. The molecule has 4 heteroatoms. The molecule has 1 atom stereocenters. The van der Waals surface area contributed by atoms with Crippen LogP contribution in [0.2, 0.25) is 0 Å². The van der Waals surface area contributed by atoms with Gasteiger partial charge < -0.3 is 4.57 Å². The zero-order valence-corrected chi connectivity index (χ0v) is 37.3. The molecule has 0 radical (unpaired) electrons. The minimum atomic E-state index is -0.545. The monoisotopic (exact) mass is 861 g/mol. The smallest absolute Gasteiger partial charge is 0.160 e. The summed E-state index contributed by atoms with van der Waals surface area (Å²) in [5, 5.41) is 2.57. The molecule has 0 bridgehead atoms. The summed E-state index contributed by atoms with van der Waals surface area (Å²) in [6.45, 7) is 2.23. The predicted octanol–water partition coefficient (Wildman–Crippen LogP) is 15.7. The lowest BCUT2D eigenvalue weighted by molar-refractivity contribution is 0.690. The van der Waals surface area contributed by atoms with E-state index in [1.807, 2.05) is 11.8 Å². The summed E-state index contributed by atoms with van der Waals surface area (Å²) in [6.07, 6.45) is 1.65. The second-order valence-corrected chi connectivity index (χ2v) is 18.7. The number of aliphatic imine (C=N–C) groups is 2. The van der Waals surface area contributed by atoms with Gasteiger partial charge in [0.15, 0.2) is 5.84 Å². The number of amidine groups is 1. The molecule has 1 spiro atoms. The van der Waals surface area contributed by atoms with E-state index in [0.29, 0.717) is 0 Å². The van der Waals surface area contributed by atoms with Gasteiger partial charge in [-0.1, -0.05) is 206 Å². The Morgan fingerprint density at radius 3 is 1.91 bits per heavy atom. The molecule has 1 unspecified atom stereocenters. The number of benzene rings is 9. The Morgan fingerprint density at radius 2 is 1.06 bits per heavy atom. The Balaban J connectivity index is 0.984. The summed E-state index contributed by atoms with van der Waals surface area (Å²) in [6, 6.07) is 79.9. The van der Waals surface area contributed by atoms with E-state index < -0.39 is 5.41 Å². The molecular formula is C62H43N3S. The lowest BCUT2D eigenvalue weighted by Gasteiger charge is -2.45. The van der Waals surface area contributed by atoms with Crippen LogP contribution in [0.4, 0.5) is 0 Å². The first-order chi connectivity index (χ1) is 32.6. The fraction of sp³-hybridized carbons (Fsp3) is 0.0645. The first kappa shape index (κ1) is 38.6. The molecule has 312 valence electrons. The molecule has 66 heavy (non-hydrogen) atoms. The maximum Gasteiger partial charge on any atom is 0.160 e. The van der Waals surface area contributed by atoms with Gasteiger partial charge in [-0.2, -0.15) is 0 Å². The van der Waals surface area contributed by atoms with Gasteiger partial charge in [-0.3, -0.25) is 0 Å². The Labute approximate surface area is 389 Å². The zero-order valence-electron chi connectivity index (χ0n) is 36.4. The Hall–Kier alpha value is -7.79. The molecule has 0 fully saturated rings. The van der Waals surface area contributed by atoms with Crippen LogP contribution in [0.3, 0.4) is 0 Å². The van der Waals surface area contributed by atoms with Gasteiger partial charge in [0, 0.05) is 31.7 Å². The van der Waals surface area contributed by atoms with Gasteiger partial charge in [0.1, 0.15) is 0 Å². The van der Waals surface area contributed by atoms with E-state index >= 15 is 0 Å². The van der Waals surface area contributed by atoms with Crippen molar-refractivity contribution in [3.05, 3.63) is 263 Å². The number of fused-ring (bicyclic) bond motifs is 11. The van der Waals surface area contributed by atoms with Crippen LogP contribution in [0.5, 0.6) is 0 Å². The van der Waals surface area contributed by atoms with E-state index in [2.05, 4.69) is 230 Å². The highest BCUT2D eigenvalue weighted by molar-refractivity contribution is 7.99.